The Kier molecular flexibility index (Phi) is 6.61. The maximum Gasteiger partial charge on any atom is 0.420 e. The van der Waals surface area contributed by atoms with Crippen molar-refractivity contribution in [2.45, 2.75) is 71.1 Å². The smallest absolute Gasteiger partial charge is 0.420 e. The predicted molar refractivity (Wildman–Crippen MR) is 111 cm³/mol. The molecule has 0 aromatic heterocycles. The summed E-state index contributed by atoms with van der Waals surface area (Å²) >= 11 is 0. The summed E-state index contributed by atoms with van der Waals surface area (Å²) in [6.45, 7) is 7.51. The molecule has 0 saturated carbocycles. The summed E-state index contributed by atoms with van der Waals surface area (Å²) in [4.78, 5) is 64.6. The zero-order chi connectivity index (χ0) is 24.5. The third kappa shape index (κ3) is 5.07. The van der Waals surface area contributed by atoms with E-state index in [1.807, 2.05) is 0 Å². The lowest BCUT2D eigenvalue weighted by Crippen LogP contribution is -2.56. The fourth-order valence-corrected chi connectivity index (χ4v) is 3.50. The van der Waals surface area contributed by atoms with E-state index in [2.05, 4.69) is 0 Å². The second kappa shape index (κ2) is 9.08. The van der Waals surface area contributed by atoms with Crippen LogP contribution in [0.2, 0.25) is 0 Å². The van der Waals surface area contributed by atoms with Gasteiger partial charge in [0.2, 0.25) is 0 Å². The van der Waals surface area contributed by atoms with Gasteiger partial charge in [-0.15, -0.1) is 0 Å². The second-order valence-corrected chi connectivity index (χ2v) is 8.72. The highest BCUT2D eigenvalue weighted by molar-refractivity contribution is 6.05. The number of rotatable bonds is 4. The molecule has 1 aromatic carbocycles. The van der Waals surface area contributed by atoms with Crippen LogP contribution in [-0.4, -0.2) is 69.8 Å². The number of hydrogen-bond donors (Lipinski definition) is 0. The molecule has 4 amide bonds. The van der Waals surface area contributed by atoms with E-state index >= 15 is 0 Å². The Morgan fingerprint density at radius 3 is 2.03 bits per heavy atom. The molecule has 4 atom stereocenters. The highest BCUT2D eigenvalue weighted by Crippen LogP contribution is 2.29. The van der Waals surface area contributed by atoms with Crippen LogP contribution in [0.4, 0.5) is 14.4 Å². The monoisotopic (exact) mass is 462 g/mol. The lowest BCUT2D eigenvalue weighted by Gasteiger charge is -2.28. The molecule has 0 aliphatic carbocycles. The fourth-order valence-electron chi connectivity index (χ4n) is 3.50. The molecule has 1 aromatic rings. The van der Waals surface area contributed by atoms with Gasteiger partial charge in [-0.2, -0.15) is 4.90 Å². The minimum absolute atomic E-state index is 0.0788. The Hall–Kier alpha value is -3.63. The van der Waals surface area contributed by atoms with Gasteiger partial charge in [-0.05, 0) is 40.2 Å². The number of ether oxygens (including phenoxy) is 4. The normalized spacial score (nSPS) is 24.9. The number of carbonyl (C=O) groups is 5. The predicted octanol–water partition coefficient (Wildman–Crippen LogP) is 2.61. The van der Waals surface area contributed by atoms with E-state index < -0.39 is 60.0 Å². The summed E-state index contributed by atoms with van der Waals surface area (Å²) in [7, 11) is 0. The third-order valence-electron chi connectivity index (χ3n) is 4.96. The molecule has 2 aliphatic heterocycles. The Morgan fingerprint density at radius 1 is 0.909 bits per heavy atom. The Morgan fingerprint density at radius 2 is 1.45 bits per heavy atom. The number of amides is 4. The Bertz CT molecular complexity index is 956. The van der Waals surface area contributed by atoms with Gasteiger partial charge in [0, 0.05) is 0 Å². The summed E-state index contributed by atoms with van der Waals surface area (Å²) < 4.78 is 20.6. The van der Waals surface area contributed by atoms with Gasteiger partial charge in [0.25, 0.3) is 5.91 Å². The van der Waals surface area contributed by atoms with Crippen LogP contribution in [0.5, 0.6) is 0 Å². The largest absolute Gasteiger partial charge is 0.459 e. The van der Waals surface area contributed by atoms with Crippen molar-refractivity contribution in [3.05, 3.63) is 35.9 Å². The van der Waals surface area contributed by atoms with Crippen molar-refractivity contribution in [1.82, 2.24) is 9.80 Å². The first kappa shape index (κ1) is 24.0. The molecule has 2 aliphatic rings. The van der Waals surface area contributed by atoms with Gasteiger partial charge < -0.3 is 18.9 Å². The van der Waals surface area contributed by atoms with Crippen LogP contribution in [0.15, 0.2) is 30.3 Å². The SMILES string of the molecule is C[C@H]1OC(=O)N(C(=O)OC(C)(C)C)[C@@H]1C(=O)N1C(=O)O[C@H](C)[C@H]1C(=O)OCc1ccccc1. The number of nitrogens with zero attached hydrogens (tertiary/aromatic N) is 2. The van der Waals surface area contributed by atoms with Crippen molar-refractivity contribution in [3.63, 3.8) is 0 Å². The molecular weight excluding hydrogens is 436 g/mol. The third-order valence-corrected chi connectivity index (χ3v) is 4.96. The summed E-state index contributed by atoms with van der Waals surface area (Å²) in [6, 6.07) is 5.91. The molecule has 2 saturated heterocycles. The van der Waals surface area contributed by atoms with Crippen molar-refractivity contribution in [1.29, 1.82) is 0 Å². The molecule has 178 valence electrons. The average Bonchev–Trinajstić information content (AvgIpc) is 3.19. The molecule has 2 heterocycles. The van der Waals surface area contributed by atoms with E-state index in [1.54, 1.807) is 51.1 Å². The number of benzene rings is 1. The number of carbonyl (C=O) groups excluding carboxylic acids is 5. The van der Waals surface area contributed by atoms with Gasteiger partial charge in [0.05, 0.1) is 0 Å². The van der Waals surface area contributed by atoms with Gasteiger partial charge in [0.1, 0.15) is 24.4 Å². The molecule has 2 fully saturated rings. The average molecular weight is 462 g/mol. The lowest BCUT2D eigenvalue weighted by molar-refractivity contribution is -0.155. The molecule has 33 heavy (non-hydrogen) atoms. The van der Waals surface area contributed by atoms with Gasteiger partial charge in [-0.1, -0.05) is 30.3 Å². The fraction of sp³-hybridized carbons (Fsp3) is 0.500. The summed E-state index contributed by atoms with van der Waals surface area (Å²) in [5.74, 6) is -1.89. The van der Waals surface area contributed by atoms with Crippen molar-refractivity contribution < 1.29 is 42.9 Å². The Balaban J connectivity index is 1.82. The van der Waals surface area contributed by atoms with Crippen molar-refractivity contribution in [2.24, 2.45) is 0 Å². The molecule has 0 N–H and O–H groups in total. The number of cyclic esters (lactones) is 2. The van der Waals surface area contributed by atoms with E-state index in [-0.39, 0.29) is 6.61 Å². The highest BCUT2D eigenvalue weighted by Gasteiger charge is 2.56. The topological polar surface area (TPSA) is 129 Å². The maximum atomic E-state index is 13.4. The Labute approximate surface area is 190 Å². The first-order valence-corrected chi connectivity index (χ1v) is 10.4. The molecule has 11 nitrogen and oxygen atoms in total. The van der Waals surface area contributed by atoms with Gasteiger partial charge in [0.15, 0.2) is 12.1 Å². The van der Waals surface area contributed by atoms with Gasteiger partial charge in [-0.25, -0.2) is 24.1 Å². The molecule has 0 spiro atoms. The molecule has 0 bridgehead atoms. The standard InChI is InChI=1S/C22H26N2O9/c1-12-15(24(20(28)31-12)21(29)33-22(3,4)5)17(25)23-16(13(2)32-19(23)27)18(26)30-11-14-9-7-6-8-10-14/h6-10,12-13,15-16H,11H2,1-5H3/t12-,13-,15+,16+/m1/s1. The summed E-state index contributed by atoms with van der Waals surface area (Å²) in [5.41, 5.74) is -0.247. The van der Waals surface area contributed by atoms with Crippen LogP contribution in [0.1, 0.15) is 40.2 Å². The zero-order valence-corrected chi connectivity index (χ0v) is 19.0. The summed E-state index contributed by atoms with van der Waals surface area (Å²) in [5, 5.41) is 0. The van der Waals surface area contributed by atoms with E-state index in [1.165, 1.54) is 13.8 Å². The van der Waals surface area contributed by atoms with Crippen LogP contribution in [0.25, 0.3) is 0 Å². The summed E-state index contributed by atoms with van der Waals surface area (Å²) in [6.07, 6.45) is -5.40. The van der Waals surface area contributed by atoms with Crippen LogP contribution in [0.3, 0.4) is 0 Å². The second-order valence-electron chi connectivity index (χ2n) is 8.72. The highest BCUT2D eigenvalue weighted by atomic mass is 16.6. The molecule has 3 rings (SSSR count). The van der Waals surface area contributed by atoms with Crippen LogP contribution in [0, 0.1) is 0 Å². The van der Waals surface area contributed by atoms with Crippen molar-refractivity contribution >= 4 is 30.2 Å². The molecule has 0 unspecified atom stereocenters. The van der Waals surface area contributed by atoms with Crippen molar-refractivity contribution in [3.8, 4) is 0 Å². The number of hydrogen-bond acceptors (Lipinski definition) is 9. The first-order chi connectivity index (χ1) is 15.4. The first-order valence-electron chi connectivity index (χ1n) is 10.4. The quantitative estimate of drug-likeness (QED) is 0.490. The van der Waals surface area contributed by atoms with Crippen LogP contribution < -0.4 is 0 Å². The number of imide groups is 2. The zero-order valence-electron chi connectivity index (χ0n) is 19.0. The minimum atomic E-state index is -1.53. The maximum absolute atomic E-state index is 13.4. The van der Waals surface area contributed by atoms with E-state index in [4.69, 9.17) is 18.9 Å². The number of esters is 1. The van der Waals surface area contributed by atoms with E-state index in [9.17, 15) is 24.0 Å². The minimum Gasteiger partial charge on any atom is -0.459 e. The van der Waals surface area contributed by atoms with Crippen LogP contribution in [-0.2, 0) is 35.1 Å². The van der Waals surface area contributed by atoms with Gasteiger partial charge in [-0.3, -0.25) is 4.79 Å². The molecular formula is C22H26N2O9. The molecule has 0 radical (unpaired) electrons. The van der Waals surface area contributed by atoms with Gasteiger partial charge >= 0.3 is 24.2 Å². The lowest BCUT2D eigenvalue weighted by atomic mass is 10.1. The molecule has 11 heteroatoms. The van der Waals surface area contributed by atoms with E-state index in [0.29, 0.717) is 15.4 Å². The van der Waals surface area contributed by atoms with Crippen molar-refractivity contribution in [2.75, 3.05) is 0 Å². The van der Waals surface area contributed by atoms with Crippen LogP contribution >= 0.6 is 0 Å². The van der Waals surface area contributed by atoms with E-state index in [0.717, 1.165) is 0 Å².